The van der Waals surface area contributed by atoms with E-state index in [1.54, 1.807) is 20.8 Å². The van der Waals surface area contributed by atoms with Crippen LogP contribution in [-0.4, -0.2) is 98.8 Å². The molecule has 0 saturated heterocycles. The van der Waals surface area contributed by atoms with Crippen molar-refractivity contribution in [1.82, 2.24) is 26.6 Å². The van der Waals surface area contributed by atoms with E-state index in [4.69, 9.17) is 21.4 Å². The number of Topliss-reactive ketones (excluding diaryl/α,β-unsaturated/α-hetero) is 1. The lowest BCUT2D eigenvalue weighted by Gasteiger charge is -2.27. The second-order valence-corrected chi connectivity index (χ2v) is 11.2. The molecule has 5 atom stereocenters. The van der Waals surface area contributed by atoms with Gasteiger partial charge in [0.2, 0.25) is 17.7 Å². The molecule has 0 radical (unpaired) electrons. The number of thiol groups is 1. The summed E-state index contributed by atoms with van der Waals surface area (Å²) < 4.78 is 0. The summed E-state index contributed by atoms with van der Waals surface area (Å²) >= 11 is 4.18. The fourth-order valence-electron chi connectivity index (χ4n) is 3.96. The van der Waals surface area contributed by atoms with Gasteiger partial charge in [0.1, 0.15) is 12.1 Å². The predicted octanol–water partition coefficient (Wildman–Crippen LogP) is -1.24. The van der Waals surface area contributed by atoms with Gasteiger partial charge in [-0.15, -0.1) is 0 Å². The van der Waals surface area contributed by atoms with Gasteiger partial charge in [-0.1, -0.05) is 13.8 Å². The third-order valence-corrected chi connectivity index (χ3v) is 6.33. The Bertz CT molecular complexity index is 1040. The summed E-state index contributed by atoms with van der Waals surface area (Å²) in [4.78, 5) is 85.8. The molecule has 44 heavy (non-hydrogen) atoms. The van der Waals surface area contributed by atoms with Crippen molar-refractivity contribution in [2.24, 2.45) is 11.7 Å². The number of nitrogens with two attached hydrogens (primary N) is 1. The van der Waals surface area contributed by atoms with Crippen molar-refractivity contribution in [1.29, 1.82) is 5.41 Å². The number of carboxylic acids is 3. The number of carboxylic acid groups (broad SMARTS) is 3. The number of guanidine groups is 1. The minimum Gasteiger partial charge on any atom is -0.481 e. The van der Waals surface area contributed by atoms with E-state index in [1.165, 1.54) is 0 Å². The lowest BCUT2D eigenvalue weighted by atomic mass is 9.97. The lowest BCUT2D eigenvalue weighted by molar-refractivity contribution is -0.140. The van der Waals surface area contributed by atoms with Crippen LogP contribution in [0.2, 0.25) is 0 Å². The first-order valence-corrected chi connectivity index (χ1v) is 14.6. The standard InChI is InChI=1S/C26H45N7O10S/c1-13(2)22(40)15(6-9-19(34)35)31-25(43)18(8-11-21(38)39)33-23(41)16(5-4-12-29-26(27)28)32-24(42)17(30-14(3)44)7-10-20(36)37/h13-18,30,44H,4-12H2,1-3H3,(H,31,43)(H,32,42)(H,33,41)(H,34,35)(H,36,37)(H,38,39)(H4,27,28,29)/t14-,15-,16-,17-,18-/m0/s1. The molecule has 0 aliphatic rings. The minimum atomic E-state index is -1.47. The van der Waals surface area contributed by atoms with E-state index >= 15 is 0 Å². The second-order valence-electron chi connectivity index (χ2n) is 10.4. The molecule has 0 saturated carbocycles. The summed E-state index contributed by atoms with van der Waals surface area (Å²) in [6, 6.07) is -5.02. The van der Waals surface area contributed by atoms with Crippen LogP contribution in [-0.2, 0) is 33.6 Å². The third-order valence-electron chi connectivity index (χ3n) is 6.18. The van der Waals surface area contributed by atoms with Crippen LogP contribution in [0.4, 0.5) is 0 Å². The molecule has 0 aromatic carbocycles. The molecule has 11 N–H and O–H groups in total. The van der Waals surface area contributed by atoms with Crippen LogP contribution in [0, 0.1) is 11.3 Å². The fourth-order valence-corrected chi connectivity index (χ4v) is 4.14. The Morgan fingerprint density at radius 3 is 1.48 bits per heavy atom. The largest absolute Gasteiger partial charge is 0.481 e. The third kappa shape index (κ3) is 17.9. The molecular formula is C26H45N7O10S. The van der Waals surface area contributed by atoms with Gasteiger partial charge in [-0.3, -0.25) is 44.3 Å². The smallest absolute Gasteiger partial charge is 0.303 e. The first-order chi connectivity index (χ1) is 20.4. The maximum atomic E-state index is 13.4. The Hall–Kier alpha value is -3.93. The average Bonchev–Trinajstić information content (AvgIpc) is 2.91. The van der Waals surface area contributed by atoms with Crippen molar-refractivity contribution in [2.75, 3.05) is 6.54 Å². The quantitative estimate of drug-likeness (QED) is 0.0204. The van der Waals surface area contributed by atoms with E-state index in [9.17, 15) is 38.7 Å². The van der Waals surface area contributed by atoms with E-state index < -0.39 is 89.7 Å². The minimum absolute atomic E-state index is 0.0275. The zero-order valence-corrected chi connectivity index (χ0v) is 25.9. The summed E-state index contributed by atoms with van der Waals surface area (Å²) in [7, 11) is 0. The van der Waals surface area contributed by atoms with Crippen molar-refractivity contribution in [3.63, 3.8) is 0 Å². The van der Waals surface area contributed by atoms with Gasteiger partial charge >= 0.3 is 17.9 Å². The SMILES string of the molecule is CC(C)C(=O)[C@H](CCC(=O)O)NC(=O)[C@H](CCC(=O)O)NC(=O)[C@H](CCCNC(=N)N)NC(=O)[C@H](CCC(=O)O)N[C@H](C)S. The number of hydrogen-bond donors (Lipinski definition) is 11. The second kappa shape index (κ2) is 20.9. The Kier molecular flexibility index (Phi) is 19.0. The first-order valence-electron chi connectivity index (χ1n) is 14.1. The average molecular weight is 648 g/mol. The highest BCUT2D eigenvalue weighted by molar-refractivity contribution is 7.80. The van der Waals surface area contributed by atoms with E-state index in [2.05, 4.69) is 39.2 Å². The van der Waals surface area contributed by atoms with E-state index in [0.717, 1.165) is 0 Å². The number of hydrogen-bond acceptors (Lipinski definition) is 10. The predicted molar refractivity (Wildman–Crippen MR) is 161 cm³/mol. The molecule has 0 aliphatic carbocycles. The van der Waals surface area contributed by atoms with Crippen LogP contribution in [0.25, 0.3) is 0 Å². The highest BCUT2D eigenvalue weighted by atomic mass is 32.1. The zero-order valence-electron chi connectivity index (χ0n) is 25.1. The van der Waals surface area contributed by atoms with Crippen LogP contribution in [0.1, 0.15) is 72.1 Å². The molecular weight excluding hydrogens is 602 g/mol. The van der Waals surface area contributed by atoms with Gasteiger partial charge in [0.25, 0.3) is 0 Å². The molecule has 0 aliphatic heterocycles. The van der Waals surface area contributed by atoms with E-state index in [-0.39, 0.29) is 51.0 Å². The van der Waals surface area contributed by atoms with Crippen LogP contribution < -0.4 is 32.3 Å². The number of nitrogens with one attached hydrogen (secondary N) is 6. The molecule has 0 spiro atoms. The summed E-state index contributed by atoms with van der Waals surface area (Å²) in [5.41, 5.74) is 5.28. The Balaban J connectivity index is 6.06. The molecule has 0 aromatic heterocycles. The fraction of sp³-hybridized carbons (Fsp3) is 0.692. The van der Waals surface area contributed by atoms with Crippen molar-refractivity contribution in [3.8, 4) is 0 Å². The van der Waals surface area contributed by atoms with Crippen LogP contribution >= 0.6 is 12.6 Å². The van der Waals surface area contributed by atoms with Gasteiger partial charge in [0.15, 0.2) is 11.7 Å². The normalized spacial score (nSPS) is 14.3. The summed E-state index contributed by atoms with van der Waals surface area (Å²) in [6.45, 7) is 4.89. The zero-order chi connectivity index (χ0) is 34.0. The Labute approximate surface area is 260 Å². The molecule has 18 heteroatoms. The number of carbonyl (C=O) groups is 7. The molecule has 0 unspecified atom stereocenters. The molecule has 0 fully saturated rings. The molecule has 0 bridgehead atoms. The van der Waals surface area contributed by atoms with Gasteiger partial charge in [0.05, 0.1) is 12.1 Å². The highest BCUT2D eigenvalue weighted by Crippen LogP contribution is 2.10. The first kappa shape index (κ1) is 40.1. The van der Waals surface area contributed by atoms with Crippen LogP contribution in [0.5, 0.6) is 0 Å². The number of aliphatic carboxylic acids is 3. The molecule has 0 heterocycles. The van der Waals surface area contributed by atoms with Gasteiger partial charge in [0, 0.05) is 37.1 Å². The van der Waals surface area contributed by atoms with E-state index in [1.807, 2.05) is 0 Å². The van der Waals surface area contributed by atoms with Crippen molar-refractivity contribution < 1.29 is 48.9 Å². The maximum absolute atomic E-state index is 13.4. The molecule has 0 aromatic rings. The molecule has 250 valence electrons. The van der Waals surface area contributed by atoms with Crippen molar-refractivity contribution >= 4 is 60.0 Å². The van der Waals surface area contributed by atoms with Crippen LogP contribution in [0.3, 0.4) is 0 Å². The Morgan fingerprint density at radius 1 is 0.682 bits per heavy atom. The van der Waals surface area contributed by atoms with Gasteiger partial charge < -0.3 is 42.3 Å². The molecule has 0 rings (SSSR count). The van der Waals surface area contributed by atoms with Crippen LogP contribution in [0.15, 0.2) is 0 Å². The highest BCUT2D eigenvalue weighted by Gasteiger charge is 2.32. The summed E-state index contributed by atoms with van der Waals surface area (Å²) in [5.74, 6) is -7.48. The van der Waals surface area contributed by atoms with Crippen molar-refractivity contribution in [3.05, 3.63) is 0 Å². The van der Waals surface area contributed by atoms with Gasteiger partial charge in [-0.05, 0) is 39.0 Å². The van der Waals surface area contributed by atoms with Crippen molar-refractivity contribution in [2.45, 2.75) is 102 Å². The monoisotopic (exact) mass is 647 g/mol. The summed E-state index contributed by atoms with van der Waals surface area (Å²) in [5, 5.41) is 46.8. The number of rotatable bonds is 23. The van der Waals surface area contributed by atoms with E-state index in [0.29, 0.717) is 0 Å². The van der Waals surface area contributed by atoms with Gasteiger partial charge in [-0.25, -0.2) is 0 Å². The molecule has 3 amide bonds. The Morgan fingerprint density at radius 2 is 1.07 bits per heavy atom. The van der Waals surface area contributed by atoms with Gasteiger partial charge in [-0.2, -0.15) is 12.6 Å². The lowest BCUT2D eigenvalue weighted by Crippen LogP contribution is -2.58. The maximum Gasteiger partial charge on any atom is 0.303 e. The number of carbonyl (C=O) groups excluding carboxylic acids is 4. The summed E-state index contributed by atoms with van der Waals surface area (Å²) in [6.07, 6.45) is -1.90. The number of amides is 3. The topological polar surface area (TPSA) is 290 Å². The molecule has 17 nitrogen and oxygen atoms in total. The number of ketones is 1.